The van der Waals surface area contributed by atoms with Crippen LogP contribution in [0.1, 0.15) is 11.6 Å². The Morgan fingerprint density at radius 3 is 2.87 bits per heavy atom. The van der Waals surface area contributed by atoms with E-state index in [0.29, 0.717) is 6.04 Å². The molecule has 0 bridgehead atoms. The molecule has 0 aliphatic carbocycles. The molecule has 1 aliphatic rings. The normalized spacial score (nSPS) is 18.3. The summed E-state index contributed by atoms with van der Waals surface area (Å²) in [5.41, 5.74) is 2.57. The Morgan fingerprint density at radius 2 is 2.13 bits per heavy atom. The van der Waals surface area contributed by atoms with E-state index in [0.717, 1.165) is 13.1 Å². The van der Waals surface area contributed by atoms with Gasteiger partial charge in [-0.3, -0.25) is 4.68 Å². The Bertz CT molecular complexity index is 495. The van der Waals surface area contributed by atoms with E-state index in [9.17, 15) is 0 Å². The zero-order chi connectivity index (χ0) is 10.4. The maximum atomic E-state index is 4.48. The van der Waals surface area contributed by atoms with Crippen molar-refractivity contribution in [3.8, 4) is 0 Å². The number of likely N-dealkylation sites (tertiary alicyclic amines) is 1. The molecule has 78 valence electrons. The Labute approximate surface area is 89.3 Å². The first-order valence-corrected chi connectivity index (χ1v) is 5.36. The van der Waals surface area contributed by atoms with Crippen LogP contribution in [-0.2, 0) is 0 Å². The van der Waals surface area contributed by atoms with E-state index in [-0.39, 0.29) is 0 Å². The summed E-state index contributed by atoms with van der Waals surface area (Å²) in [4.78, 5) is 2.31. The van der Waals surface area contributed by atoms with Crippen LogP contribution in [0.15, 0.2) is 24.4 Å². The van der Waals surface area contributed by atoms with Gasteiger partial charge in [0.1, 0.15) is 0 Å². The largest absolute Gasteiger partial charge is 0.302 e. The van der Waals surface area contributed by atoms with Gasteiger partial charge in [-0.15, -0.1) is 0 Å². The van der Waals surface area contributed by atoms with Crippen molar-refractivity contribution in [1.82, 2.24) is 14.7 Å². The molecule has 1 aromatic carbocycles. The molecule has 2 heterocycles. The zero-order valence-electron chi connectivity index (χ0n) is 9.14. The first kappa shape index (κ1) is 8.92. The minimum atomic E-state index is 0.564. The van der Waals surface area contributed by atoms with Crippen LogP contribution in [0, 0.1) is 6.92 Å². The maximum absolute atomic E-state index is 4.48. The van der Waals surface area contributed by atoms with E-state index >= 15 is 0 Å². The summed E-state index contributed by atoms with van der Waals surface area (Å²) in [6.07, 6.45) is 1.97. The van der Waals surface area contributed by atoms with Crippen LogP contribution in [0.3, 0.4) is 0 Å². The van der Waals surface area contributed by atoms with Crippen molar-refractivity contribution in [2.75, 3.05) is 20.1 Å². The van der Waals surface area contributed by atoms with Gasteiger partial charge in [0.15, 0.2) is 0 Å². The number of aryl methyl sites for hydroxylation is 1. The average Bonchev–Trinajstić information content (AvgIpc) is 2.56. The van der Waals surface area contributed by atoms with E-state index in [4.69, 9.17) is 0 Å². The predicted molar refractivity (Wildman–Crippen MR) is 61.0 cm³/mol. The van der Waals surface area contributed by atoms with Gasteiger partial charge < -0.3 is 4.90 Å². The number of aromatic nitrogens is 2. The van der Waals surface area contributed by atoms with Gasteiger partial charge >= 0.3 is 0 Å². The molecule has 0 unspecified atom stereocenters. The summed E-state index contributed by atoms with van der Waals surface area (Å²) >= 11 is 0. The van der Waals surface area contributed by atoms with Crippen LogP contribution in [0.5, 0.6) is 0 Å². The minimum Gasteiger partial charge on any atom is -0.302 e. The summed E-state index contributed by atoms with van der Waals surface area (Å²) in [5, 5.41) is 5.73. The summed E-state index contributed by atoms with van der Waals surface area (Å²) in [5.74, 6) is 0. The van der Waals surface area contributed by atoms with Crippen molar-refractivity contribution < 1.29 is 0 Å². The van der Waals surface area contributed by atoms with Gasteiger partial charge in [-0.2, -0.15) is 5.10 Å². The molecule has 0 radical (unpaired) electrons. The van der Waals surface area contributed by atoms with Gasteiger partial charge in [-0.1, -0.05) is 12.1 Å². The fraction of sp³-hybridized carbons (Fsp3) is 0.417. The number of benzene rings is 1. The van der Waals surface area contributed by atoms with E-state index in [1.165, 1.54) is 16.5 Å². The van der Waals surface area contributed by atoms with Crippen molar-refractivity contribution in [1.29, 1.82) is 0 Å². The lowest BCUT2D eigenvalue weighted by Crippen LogP contribution is -2.45. The molecule has 1 aliphatic heterocycles. The van der Waals surface area contributed by atoms with Crippen molar-refractivity contribution in [2.45, 2.75) is 13.0 Å². The molecule has 0 amide bonds. The Balaban J connectivity index is 2.07. The Kier molecular flexibility index (Phi) is 1.83. The van der Waals surface area contributed by atoms with Crippen molar-refractivity contribution in [3.05, 3.63) is 30.0 Å². The fourth-order valence-electron chi connectivity index (χ4n) is 2.26. The summed E-state index contributed by atoms with van der Waals surface area (Å²) < 4.78 is 2.17. The molecule has 1 saturated heterocycles. The van der Waals surface area contributed by atoms with Gasteiger partial charge in [0.05, 0.1) is 17.8 Å². The third-order valence-electron chi connectivity index (χ3n) is 3.14. The molecule has 0 saturated carbocycles. The topological polar surface area (TPSA) is 21.1 Å². The highest BCUT2D eigenvalue weighted by Gasteiger charge is 2.26. The monoisotopic (exact) mass is 201 g/mol. The first-order valence-electron chi connectivity index (χ1n) is 5.36. The number of hydrogen-bond acceptors (Lipinski definition) is 2. The van der Waals surface area contributed by atoms with Crippen LogP contribution >= 0.6 is 0 Å². The number of hydrogen-bond donors (Lipinski definition) is 0. The molecule has 1 fully saturated rings. The van der Waals surface area contributed by atoms with Gasteiger partial charge in [-0.25, -0.2) is 0 Å². The second-order valence-electron chi connectivity index (χ2n) is 4.53. The molecular weight excluding hydrogens is 186 g/mol. The average molecular weight is 201 g/mol. The molecule has 3 heteroatoms. The quantitative estimate of drug-likeness (QED) is 0.702. The second-order valence-corrected chi connectivity index (χ2v) is 4.53. The SMILES string of the molecule is Cc1ccc2cnn(C3CN(C)C3)c2c1. The molecule has 15 heavy (non-hydrogen) atoms. The second kappa shape index (κ2) is 3.07. The molecule has 3 nitrogen and oxygen atoms in total. The first-order chi connectivity index (χ1) is 7.24. The number of likely N-dealkylation sites (N-methyl/N-ethyl adjacent to an activating group) is 1. The number of rotatable bonds is 1. The van der Waals surface area contributed by atoms with Gasteiger partial charge in [0.25, 0.3) is 0 Å². The highest BCUT2D eigenvalue weighted by molar-refractivity contribution is 5.79. The van der Waals surface area contributed by atoms with Crippen molar-refractivity contribution in [2.24, 2.45) is 0 Å². The van der Waals surface area contributed by atoms with Crippen molar-refractivity contribution >= 4 is 10.9 Å². The fourth-order valence-corrected chi connectivity index (χ4v) is 2.26. The van der Waals surface area contributed by atoms with Crippen LogP contribution in [0.25, 0.3) is 10.9 Å². The van der Waals surface area contributed by atoms with Crippen LogP contribution in [0.2, 0.25) is 0 Å². The summed E-state index contributed by atoms with van der Waals surface area (Å²) in [6, 6.07) is 7.08. The highest BCUT2D eigenvalue weighted by Crippen LogP contribution is 2.24. The van der Waals surface area contributed by atoms with E-state index < -0.39 is 0 Å². The Hall–Kier alpha value is -1.35. The third kappa shape index (κ3) is 1.35. The maximum Gasteiger partial charge on any atom is 0.0779 e. The number of fused-ring (bicyclic) bond motifs is 1. The van der Waals surface area contributed by atoms with Gasteiger partial charge in [0.2, 0.25) is 0 Å². The van der Waals surface area contributed by atoms with Crippen LogP contribution < -0.4 is 0 Å². The van der Waals surface area contributed by atoms with Crippen molar-refractivity contribution in [3.63, 3.8) is 0 Å². The third-order valence-corrected chi connectivity index (χ3v) is 3.14. The summed E-state index contributed by atoms with van der Waals surface area (Å²) in [7, 11) is 2.15. The molecule has 2 aromatic rings. The van der Waals surface area contributed by atoms with E-state index in [1.807, 2.05) is 6.20 Å². The lowest BCUT2D eigenvalue weighted by atomic mass is 10.1. The predicted octanol–water partition coefficient (Wildman–Crippen LogP) is 1.83. The highest BCUT2D eigenvalue weighted by atomic mass is 15.4. The van der Waals surface area contributed by atoms with Gasteiger partial charge in [-0.05, 0) is 25.6 Å². The lowest BCUT2D eigenvalue weighted by Gasteiger charge is -2.36. The summed E-state index contributed by atoms with van der Waals surface area (Å²) in [6.45, 7) is 4.36. The van der Waals surface area contributed by atoms with Crippen LogP contribution in [0.4, 0.5) is 0 Å². The van der Waals surface area contributed by atoms with Crippen LogP contribution in [-0.4, -0.2) is 34.8 Å². The standard InChI is InChI=1S/C12H15N3/c1-9-3-4-10-6-13-15(12(10)5-9)11-7-14(2)8-11/h3-6,11H,7-8H2,1-2H3. The molecule has 0 N–H and O–H groups in total. The molecule has 0 spiro atoms. The van der Waals surface area contributed by atoms with Gasteiger partial charge in [0, 0.05) is 18.5 Å². The number of nitrogens with zero attached hydrogens (tertiary/aromatic N) is 3. The molecule has 1 aromatic heterocycles. The lowest BCUT2D eigenvalue weighted by molar-refractivity contribution is 0.134. The zero-order valence-corrected chi connectivity index (χ0v) is 9.14. The van der Waals surface area contributed by atoms with E-state index in [1.54, 1.807) is 0 Å². The molecule has 3 rings (SSSR count). The van der Waals surface area contributed by atoms with E-state index in [2.05, 4.69) is 46.9 Å². The smallest absolute Gasteiger partial charge is 0.0779 e. The minimum absolute atomic E-state index is 0.564. The molecular formula is C12H15N3. The Morgan fingerprint density at radius 1 is 1.33 bits per heavy atom. The molecule has 0 atom stereocenters.